The van der Waals surface area contributed by atoms with Crippen LogP contribution < -0.4 is 16.4 Å². The van der Waals surface area contributed by atoms with Crippen LogP contribution in [0.15, 0.2) is 54.6 Å². The van der Waals surface area contributed by atoms with Crippen molar-refractivity contribution >= 4 is 11.6 Å². The summed E-state index contributed by atoms with van der Waals surface area (Å²) in [7, 11) is 1.78. The van der Waals surface area contributed by atoms with Crippen LogP contribution in [-0.4, -0.2) is 19.5 Å². The molecule has 1 atom stereocenters. The van der Waals surface area contributed by atoms with Crippen molar-refractivity contribution in [2.45, 2.75) is 12.5 Å². The van der Waals surface area contributed by atoms with Gasteiger partial charge in [0.25, 0.3) is 0 Å². The molecule has 0 bridgehead atoms. The summed E-state index contributed by atoms with van der Waals surface area (Å²) in [4.78, 5) is 12.4. The van der Waals surface area contributed by atoms with Crippen molar-refractivity contribution in [2.24, 2.45) is 5.73 Å². The van der Waals surface area contributed by atoms with E-state index in [1.54, 1.807) is 7.05 Å². The van der Waals surface area contributed by atoms with E-state index >= 15 is 0 Å². The number of nitrogens with one attached hydrogen (secondary N) is 2. The lowest BCUT2D eigenvalue weighted by Gasteiger charge is -2.16. The topological polar surface area (TPSA) is 67.2 Å². The Balaban J connectivity index is 2.05. The van der Waals surface area contributed by atoms with Gasteiger partial charge in [-0.15, -0.1) is 0 Å². The number of rotatable bonds is 6. The standard InChI is InChI=1S/C17H21N3O/c1-19-16(14-5-3-2-4-6-14)17(21)20-15-9-7-13(8-10-15)11-12-18/h2-10,16,19H,11-12,18H2,1H3,(H,20,21). The molecule has 1 amide bonds. The van der Waals surface area contributed by atoms with Gasteiger partial charge in [-0.2, -0.15) is 0 Å². The fraction of sp³-hybridized carbons (Fsp3) is 0.235. The van der Waals surface area contributed by atoms with Crippen LogP contribution in [0.3, 0.4) is 0 Å². The number of carbonyl (C=O) groups excluding carboxylic acids is 1. The zero-order valence-electron chi connectivity index (χ0n) is 12.2. The van der Waals surface area contributed by atoms with Crippen molar-refractivity contribution in [3.63, 3.8) is 0 Å². The molecule has 0 radical (unpaired) electrons. The van der Waals surface area contributed by atoms with Crippen molar-refractivity contribution in [3.8, 4) is 0 Å². The van der Waals surface area contributed by atoms with E-state index in [0.717, 1.165) is 17.7 Å². The quantitative estimate of drug-likeness (QED) is 0.760. The fourth-order valence-corrected chi connectivity index (χ4v) is 2.23. The highest BCUT2D eigenvalue weighted by Crippen LogP contribution is 2.16. The van der Waals surface area contributed by atoms with Gasteiger partial charge in [-0.25, -0.2) is 0 Å². The largest absolute Gasteiger partial charge is 0.330 e. The Hall–Kier alpha value is -2.17. The molecule has 2 aromatic rings. The third kappa shape index (κ3) is 4.15. The summed E-state index contributed by atoms with van der Waals surface area (Å²) < 4.78 is 0. The van der Waals surface area contributed by atoms with E-state index in [-0.39, 0.29) is 11.9 Å². The second-order valence-electron chi connectivity index (χ2n) is 4.86. The fourth-order valence-electron chi connectivity index (χ4n) is 2.23. The number of hydrogen-bond donors (Lipinski definition) is 3. The summed E-state index contributed by atoms with van der Waals surface area (Å²) in [6.07, 6.45) is 0.845. The molecular weight excluding hydrogens is 262 g/mol. The summed E-state index contributed by atoms with van der Waals surface area (Å²) in [6, 6.07) is 17.1. The number of amides is 1. The summed E-state index contributed by atoms with van der Waals surface area (Å²) in [5.74, 6) is -0.0738. The van der Waals surface area contributed by atoms with E-state index in [1.165, 1.54) is 5.56 Å². The van der Waals surface area contributed by atoms with Gasteiger partial charge in [-0.05, 0) is 43.3 Å². The highest BCUT2D eigenvalue weighted by molar-refractivity contribution is 5.95. The maximum absolute atomic E-state index is 12.4. The third-order valence-electron chi connectivity index (χ3n) is 3.34. The third-order valence-corrected chi connectivity index (χ3v) is 3.34. The van der Waals surface area contributed by atoms with E-state index in [1.807, 2.05) is 54.6 Å². The van der Waals surface area contributed by atoms with E-state index < -0.39 is 0 Å². The van der Waals surface area contributed by atoms with Gasteiger partial charge < -0.3 is 16.4 Å². The maximum atomic E-state index is 12.4. The lowest BCUT2D eigenvalue weighted by molar-refractivity contribution is -0.118. The molecule has 0 heterocycles. The first-order valence-corrected chi connectivity index (χ1v) is 7.06. The molecule has 0 aromatic heterocycles. The number of nitrogens with two attached hydrogens (primary N) is 1. The van der Waals surface area contributed by atoms with E-state index in [9.17, 15) is 4.79 Å². The van der Waals surface area contributed by atoms with Gasteiger partial charge in [0.2, 0.25) is 5.91 Å². The minimum Gasteiger partial charge on any atom is -0.330 e. The summed E-state index contributed by atoms with van der Waals surface area (Å²) in [6.45, 7) is 0.627. The van der Waals surface area contributed by atoms with Crippen molar-refractivity contribution < 1.29 is 4.79 Å². The molecule has 0 saturated carbocycles. The molecule has 21 heavy (non-hydrogen) atoms. The normalized spacial score (nSPS) is 11.9. The Bertz CT molecular complexity index is 566. The van der Waals surface area contributed by atoms with Crippen LogP contribution in [0.25, 0.3) is 0 Å². The smallest absolute Gasteiger partial charge is 0.246 e. The SMILES string of the molecule is CNC(C(=O)Nc1ccc(CCN)cc1)c1ccccc1. The van der Waals surface area contributed by atoms with Crippen LogP contribution in [0.4, 0.5) is 5.69 Å². The molecular formula is C17H21N3O. The molecule has 0 aliphatic heterocycles. The van der Waals surface area contributed by atoms with Crippen molar-refractivity contribution in [3.05, 3.63) is 65.7 Å². The zero-order valence-corrected chi connectivity index (χ0v) is 12.2. The average molecular weight is 283 g/mol. The Morgan fingerprint density at radius 3 is 2.33 bits per heavy atom. The number of hydrogen-bond acceptors (Lipinski definition) is 3. The minimum atomic E-state index is -0.366. The number of anilines is 1. The minimum absolute atomic E-state index is 0.0738. The van der Waals surface area contributed by atoms with E-state index in [2.05, 4.69) is 10.6 Å². The molecule has 2 aromatic carbocycles. The zero-order chi connectivity index (χ0) is 15.1. The summed E-state index contributed by atoms with van der Waals surface area (Å²) in [5, 5.41) is 5.97. The van der Waals surface area contributed by atoms with Gasteiger partial charge >= 0.3 is 0 Å². The number of benzene rings is 2. The van der Waals surface area contributed by atoms with Gasteiger partial charge in [-0.1, -0.05) is 42.5 Å². The van der Waals surface area contributed by atoms with Gasteiger partial charge in [0, 0.05) is 5.69 Å². The summed E-state index contributed by atoms with van der Waals surface area (Å²) in [5.41, 5.74) is 8.42. The molecule has 1 unspecified atom stereocenters. The molecule has 0 spiro atoms. The highest BCUT2D eigenvalue weighted by atomic mass is 16.2. The molecule has 4 nitrogen and oxygen atoms in total. The van der Waals surface area contributed by atoms with Crippen LogP contribution in [0.5, 0.6) is 0 Å². The first-order chi connectivity index (χ1) is 10.2. The maximum Gasteiger partial charge on any atom is 0.246 e. The second-order valence-corrected chi connectivity index (χ2v) is 4.86. The molecule has 4 N–H and O–H groups in total. The van der Waals surface area contributed by atoms with Crippen molar-refractivity contribution in [2.75, 3.05) is 18.9 Å². The first-order valence-electron chi connectivity index (χ1n) is 7.06. The Kier molecular flexibility index (Phi) is 5.49. The van der Waals surface area contributed by atoms with Gasteiger partial charge in [-0.3, -0.25) is 4.79 Å². The van der Waals surface area contributed by atoms with Gasteiger partial charge in [0.1, 0.15) is 6.04 Å². The molecule has 0 aliphatic carbocycles. The molecule has 0 saturated heterocycles. The van der Waals surface area contributed by atoms with Crippen LogP contribution >= 0.6 is 0 Å². The lowest BCUT2D eigenvalue weighted by atomic mass is 10.1. The van der Waals surface area contributed by atoms with Gasteiger partial charge in [0.15, 0.2) is 0 Å². The van der Waals surface area contributed by atoms with E-state index in [0.29, 0.717) is 6.54 Å². The number of carbonyl (C=O) groups is 1. The lowest BCUT2D eigenvalue weighted by Crippen LogP contribution is -2.30. The van der Waals surface area contributed by atoms with E-state index in [4.69, 9.17) is 5.73 Å². The molecule has 0 aliphatic rings. The van der Waals surface area contributed by atoms with Crippen molar-refractivity contribution in [1.29, 1.82) is 0 Å². The molecule has 4 heteroatoms. The van der Waals surface area contributed by atoms with Crippen LogP contribution in [0, 0.1) is 0 Å². The first kappa shape index (κ1) is 15.2. The Morgan fingerprint density at radius 1 is 1.10 bits per heavy atom. The van der Waals surface area contributed by atoms with Crippen LogP contribution in [0.1, 0.15) is 17.2 Å². The Morgan fingerprint density at radius 2 is 1.76 bits per heavy atom. The predicted molar refractivity (Wildman–Crippen MR) is 86.1 cm³/mol. The van der Waals surface area contributed by atoms with Gasteiger partial charge in [0.05, 0.1) is 0 Å². The monoisotopic (exact) mass is 283 g/mol. The molecule has 110 valence electrons. The number of likely N-dealkylation sites (N-methyl/N-ethyl adjacent to an activating group) is 1. The molecule has 0 fully saturated rings. The average Bonchev–Trinajstić information content (AvgIpc) is 2.51. The van der Waals surface area contributed by atoms with Crippen molar-refractivity contribution in [1.82, 2.24) is 5.32 Å². The Labute approximate surface area is 125 Å². The highest BCUT2D eigenvalue weighted by Gasteiger charge is 2.18. The molecule has 2 rings (SSSR count). The predicted octanol–water partition coefficient (Wildman–Crippen LogP) is 2.09. The van der Waals surface area contributed by atoms with Crippen LogP contribution in [-0.2, 0) is 11.2 Å². The van der Waals surface area contributed by atoms with Crippen LogP contribution in [0.2, 0.25) is 0 Å². The second kappa shape index (κ2) is 7.57. The summed E-state index contributed by atoms with van der Waals surface area (Å²) >= 11 is 0.